The number of aliphatic imine (C=N–C) groups is 1. The van der Waals surface area contributed by atoms with Gasteiger partial charge in [-0.1, -0.05) is 6.07 Å². The van der Waals surface area contributed by atoms with E-state index in [0.717, 1.165) is 11.0 Å². The number of aromatic amines is 1. The van der Waals surface area contributed by atoms with Crippen LogP contribution >= 0.6 is 0 Å². The molecule has 0 radical (unpaired) electrons. The Morgan fingerprint density at radius 3 is 3.00 bits per heavy atom. The third-order valence-corrected chi connectivity index (χ3v) is 1.68. The van der Waals surface area contributed by atoms with E-state index in [9.17, 15) is 0 Å². The summed E-state index contributed by atoms with van der Waals surface area (Å²) in [5.41, 5.74) is 12.9. The molecule has 0 aliphatic rings. The first kappa shape index (κ1) is 7.60. The van der Waals surface area contributed by atoms with E-state index >= 15 is 0 Å². The molecule has 13 heavy (non-hydrogen) atoms. The lowest BCUT2D eigenvalue weighted by atomic mass is 10.3. The van der Waals surface area contributed by atoms with E-state index in [4.69, 9.17) is 11.5 Å². The van der Waals surface area contributed by atoms with Crippen molar-refractivity contribution in [1.82, 2.24) is 9.97 Å². The molecule has 1 heterocycles. The Balaban J connectivity index is 2.68. The van der Waals surface area contributed by atoms with Gasteiger partial charge < -0.3 is 16.5 Å². The summed E-state index contributed by atoms with van der Waals surface area (Å²) in [5, 5.41) is 0. The van der Waals surface area contributed by atoms with Gasteiger partial charge in [0.25, 0.3) is 0 Å². The molecule has 0 fully saturated rings. The number of para-hydroxylation sites is 1. The average Bonchev–Trinajstić information content (AvgIpc) is 2.51. The molecule has 0 saturated heterocycles. The summed E-state index contributed by atoms with van der Waals surface area (Å²) in [5.74, 6) is 0.0375. The molecule has 0 aliphatic heterocycles. The van der Waals surface area contributed by atoms with Crippen molar-refractivity contribution in [2.24, 2.45) is 16.5 Å². The van der Waals surface area contributed by atoms with E-state index in [2.05, 4.69) is 15.0 Å². The fourth-order valence-corrected chi connectivity index (χ4v) is 1.18. The Hall–Kier alpha value is -2.04. The third-order valence-electron chi connectivity index (χ3n) is 1.68. The maximum absolute atomic E-state index is 5.27. The van der Waals surface area contributed by atoms with Gasteiger partial charge in [0.05, 0.1) is 17.5 Å². The number of fused-ring (bicyclic) bond motifs is 1. The fourth-order valence-electron chi connectivity index (χ4n) is 1.18. The molecule has 0 amide bonds. The van der Waals surface area contributed by atoms with Crippen LogP contribution in [0.2, 0.25) is 0 Å². The smallest absolute Gasteiger partial charge is 0.191 e. The van der Waals surface area contributed by atoms with Crippen molar-refractivity contribution in [3.63, 3.8) is 0 Å². The van der Waals surface area contributed by atoms with Crippen LogP contribution in [-0.4, -0.2) is 15.9 Å². The molecule has 66 valence electrons. The van der Waals surface area contributed by atoms with Crippen LogP contribution in [0.1, 0.15) is 0 Å². The van der Waals surface area contributed by atoms with Crippen LogP contribution in [0, 0.1) is 0 Å². The highest BCUT2D eigenvalue weighted by molar-refractivity contribution is 5.90. The number of nitrogens with one attached hydrogen (secondary N) is 1. The molecule has 0 atom stereocenters. The molecule has 1 aromatic heterocycles. The summed E-state index contributed by atoms with van der Waals surface area (Å²) in [6.07, 6.45) is 1.61. The van der Waals surface area contributed by atoms with Gasteiger partial charge in [-0.05, 0) is 12.1 Å². The van der Waals surface area contributed by atoms with Crippen LogP contribution in [-0.2, 0) is 0 Å². The third kappa shape index (κ3) is 1.31. The predicted octanol–water partition coefficient (Wildman–Crippen LogP) is 0.468. The van der Waals surface area contributed by atoms with Gasteiger partial charge in [-0.25, -0.2) is 9.98 Å². The van der Waals surface area contributed by atoms with E-state index in [0.29, 0.717) is 5.69 Å². The highest BCUT2D eigenvalue weighted by atomic mass is 15.0. The number of guanidine groups is 1. The summed E-state index contributed by atoms with van der Waals surface area (Å²) in [6, 6.07) is 5.58. The highest BCUT2D eigenvalue weighted by Gasteiger charge is 2.00. The van der Waals surface area contributed by atoms with Crippen molar-refractivity contribution >= 4 is 22.7 Å². The largest absolute Gasteiger partial charge is 0.370 e. The number of hydrogen-bond acceptors (Lipinski definition) is 2. The van der Waals surface area contributed by atoms with Crippen molar-refractivity contribution < 1.29 is 0 Å². The average molecular weight is 175 g/mol. The second-order valence-corrected chi connectivity index (χ2v) is 2.61. The van der Waals surface area contributed by atoms with Gasteiger partial charge in [-0.3, -0.25) is 0 Å². The van der Waals surface area contributed by atoms with Crippen molar-refractivity contribution in [3.8, 4) is 0 Å². The molecular formula is C8H9N5. The minimum absolute atomic E-state index is 0.0375. The summed E-state index contributed by atoms with van der Waals surface area (Å²) in [7, 11) is 0. The first-order valence-electron chi connectivity index (χ1n) is 3.79. The number of nitrogens with two attached hydrogens (primary N) is 2. The fraction of sp³-hybridized carbons (Fsp3) is 0. The minimum atomic E-state index is 0.0375. The molecule has 2 rings (SSSR count). The number of imidazole rings is 1. The summed E-state index contributed by atoms with van der Waals surface area (Å²) < 4.78 is 0. The number of aromatic nitrogens is 2. The molecule has 5 heteroatoms. The Bertz CT molecular complexity index is 452. The number of nitrogens with zero attached hydrogens (tertiary/aromatic N) is 2. The van der Waals surface area contributed by atoms with Crippen LogP contribution < -0.4 is 11.5 Å². The molecule has 2 aromatic rings. The van der Waals surface area contributed by atoms with E-state index in [1.165, 1.54) is 0 Å². The molecule has 1 aromatic carbocycles. The summed E-state index contributed by atoms with van der Waals surface area (Å²) in [4.78, 5) is 11.0. The van der Waals surface area contributed by atoms with Crippen LogP contribution in [0.25, 0.3) is 11.0 Å². The molecule has 0 unspecified atom stereocenters. The topological polar surface area (TPSA) is 93.1 Å². The lowest BCUT2D eigenvalue weighted by Gasteiger charge is -1.95. The molecule has 0 aliphatic carbocycles. The monoisotopic (exact) mass is 175 g/mol. The maximum atomic E-state index is 5.27. The van der Waals surface area contributed by atoms with E-state index in [1.807, 2.05) is 18.2 Å². The van der Waals surface area contributed by atoms with Gasteiger partial charge in [0.15, 0.2) is 5.96 Å². The van der Waals surface area contributed by atoms with Gasteiger partial charge in [0.1, 0.15) is 5.52 Å². The number of rotatable bonds is 1. The number of hydrogen-bond donors (Lipinski definition) is 3. The SMILES string of the molecule is NC(N)=Nc1cccc2[nH]cnc12. The van der Waals surface area contributed by atoms with Gasteiger partial charge >= 0.3 is 0 Å². The second-order valence-electron chi connectivity index (χ2n) is 2.61. The van der Waals surface area contributed by atoms with Crippen molar-refractivity contribution in [3.05, 3.63) is 24.5 Å². The molecule has 5 nitrogen and oxygen atoms in total. The zero-order valence-electron chi connectivity index (χ0n) is 6.86. The second kappa shape index (κ2) is 2.78. The quantitative estimate of drug-likeness (QED) is 0.434. The number of H-pyrrole nitrogens is 1. The normalized spacial score (nSPS) is 10.2. The van der Waals surface area contributed by atoms with Gasteiger partial charge in [-0.2, -0.15) is 0 Å². The lowest BCUT2D eigenvalue weighted by Crippen LogP contribution is -2.21. The lowest BCUT2D eigenvalue weighted by molar-refractivity contribution is 1.34. The van der Waals surface area contributed by atoms with Crippen LogP contribution in [0.3, 0.4) is 0 Å². The maximum Gasteiger partial charge on any atom is 0.191 e. The molecule has 0 bridgehead atoms. The summed E-state index contributed by atoms with van der Waals surface area (Å²) >= 11 is 0. The first-order chi connectivity index (χ1) is 6.27. The predicted molar refractivity (Wildman–Crippen MR) is 51.6 cm³/mol. The zero-order valence-corrected chi connectivity index (χ0v) is 6.86. The highest BCUT2D eigenvalue weighted by Crippen LogP contribution is 2.21. The molecule has 0 spiro atoms. The van der Waals surface area contributed by atoms with Gasteiger partial charge in [-0.15, -0.1) is 0 Å². The first-order valence-corrected chi connectivity index (χ1v) is 3.79. The van der Waals surface area contributed by atoms with E-state index in [1.54, 1.807) is 6.33 Å². The Kier molecular flexibility index (Phi) is 1.63. The standard InChI is InChI=1S/C8H9N5/c9-8(10)13-6-3-1-2-5-7(6)12-4-11-5/h1-4H,(H,11,12)(H4,9,10,13). The Labute approximate surface area is 74.5 Å². The Morgan fingerprint density at radius 1 is 1.38 bits per heavy atom. The molecular weight excluding hydrogens is 166 g/mol. The van der Waals surface area contributed by atoms with E-state index < -0.39 is 0 Å². The zero-order chi connectivity index (χ0) is 9.26. The summed E-state index contributed by atoms with van der Waals surface area (Å²) in [6.45, 7) is 0. The minimum Gasteiger partial charge on any atom is -0.370 e. The number of benzene rings is 1. The van der Waals surface area contributed by atoms with Crippen LogP contribution in [0.15, 0.2) is 29.5 Å². The van der Waals surface area contributed by atoms with Crippen LogP contribution in [0.5, 0.6) is 0 Å². The van der Waals surface area contributed by atoms with Crippen molar-refractivity contribution in [1.29, 1.82) is 0 Å². The van der Waals surface area contributed by atoms with Crippen LogP contribution in [0.4, 0.5) is 5.69 Å². The Morgan fingerprint density at radius 2 is 2.23 bits per heavy atom. The molecule has 5 N–H and O–H groups in total. The van der Waals surface area contributed by atoms with Crippen molar-refractivity contribution in [2.75, 3.05) is 0 Å². The van der Waals surface area contributed by atoms with Gasteiger partial charge in [0, 0.05) is 0 Å². The van der Waals surface area contributed by atoms with Crippen molar-refractivity contribution in [2.45, 2.75) is 0 Å². The van der Waals surface area contributed by atoms with Gasteiger partial charge in [0.2, 0.25) is 0 Å². The molecule has 0 saturated carbocycles. The van der Waals surface area contributed by atoms with E-state index in [-0.39, 0.29) is 5.96 Å².